The van der Waals surface area contributed by atoms with Gasteiger partial charge in [-0.3, -0.25) is 4.98 Å². The van der Waals surface area contributed by atoms with Gasteiger partial charge < -0.3 is 13.3 Å². The molecule has 1 heterocycles. The molecule has 23 heavy (non-hydrogen) atoms. The first-order chi connectivity index (χ1) is 11.3. The van der Waals surface area contributed by atoms with Crippen molar-refractivity contribution in [3.8, 4) is 0 Å². The van der Waals surface area contributed by atoms with Gasteiger partial charge in [-0.25, -0.2) is 0 Å². The summed E-state index contributed by atoms with van der Waals surface area (Å²) in [5, 5.41) is 3.16. The minimum atomic E-state index is -2.93. The highest BCUT2D eigenvalue weighted by atomic mass is 28.4. The van der Waals surface area contributed by atoms with E-state index in [1.54, 1.807) is 20.4 Å². The molecule has 0 aliphatic heterocycles. The number of pyridine rings is 1. The third-order valence-electron chi connectivity index (χ3n) is 3.82. The topological polar surface area (TPSA) is 40.6 Å². The maximum Gasteiger partial charge on any atom is 0.537 e. The Hall–Kier alpha value is -2.05. The molecule has 0 aliphatic rings. The summed E-state index contributed by atoms with van der Waals surface area (Å²) in [6.07, 6.45) is 1.80. The SMILES string of the molecule is CO[Si](OC)(OCc1nccc2ccccc12)c1ccccc1. The second-order valence-electron chi connectivity index (χ2n) is 5.10. The predicted molar refractivity (Wildman–Crippen MR) is 92.4 cm³/mol. The van der Waals surface area contributed by atoms with Crippen molar-refractivity contribution in [2.24, 2.45) is 0 Å². The molecule has 4 nitrogen and oxygen atoms in total. The predicted octanol–water partition coefficient (Wildman–Crippen LogP) is 2.89. The largest absolute Gasteiger partial charge is 0.537 e. The molecule has 0 saturated heterocycles. The van der Waals surface area contributed by atoms with Crippen LogP contribution in [-0.4, -0.2) is 28.0 Å². The molecule has 2 aromatic carbocycles. The summed E-state index contributed by atoms with van der Waals surface area (Å²) in [5.41, 5.74) is 0.880. The highest BCUT2D eigenvalue weighted by molar-refractivity contribution is 6.75. The Labute approximate surface area is 137 Å². The van der Waals surface area contributed by atoms with E-state index in [4.69, 9.17) is 13.3 Å². The van der Waals surface area contributed by atoms with Crippen molar-refractivity contribution >= 4 is 24.8 Å². The highest BCUT2D eigenvalue weighted by Gasteiger charge is 2.42. The summed E-state index contributed by atoms with van der Waals surface area (Å²) in [6, 6.07) is 19.9. The van der Waals surface area contributed by atoms with Crippen molar-refractivity contribution in [2.75, 3.05) is 14.2 Å². The van der Waals surface area contributed by atoms with E-state index in [2.05, 4.69) is 11.1 Å². The second kappa shape index (κ2) is 7.02. The number of nitrogens with zero attached hydrogens (tertiary/aromatic N) is 1. The van der Waals surface area contributed by atoms with Gasteiger partial charge in [0.25, 0.3) is 0 Å². The molecular formula is C18H19NO3Si. The van der Waals surface area contributed by atoms with E-state index in [0.29, 0.717) is 6.61 Å². The summed E-state index contributed by atoms with van der Waals surface area (Å²) in [5.74, 6) is 0. The van der Waals surface area contributed by atoms with Gasteiger partial charge in [0, 0.05) is 31.0 Å². The van der Waals surface area contributed by atoms with E-state index >= 15 is 0 Å². The number of hydrogen-bond donors (Lipinski definition) is 0. The van der Waals surface area contributed by atoms with Crippen LogP contribution in [0.5, 0.6) is 0 Å². The van der Waals surface area contributed by atoms with Gasteiger partial charge in [0.15, 0.2) is 0 Å². The molecule has 0 fully saturated rings. The Morgan fingerprint density at radius 2 is 1.57 bits per heavy atom. The van der Waals surface area contributed by atoms with Gasteiger partial charge in [0.05, 0.1) is 12.3 Å². The van der Waals surface area contributed by atoms with Crippen molar-refractivity contribution in [2.45, 2.75) is 6.61 Å². The van der Waals surface area contributed by atoms with Crippen LogP contribution in [0.2, 0.25) is 0 Å². The zero-order chi connectivity index (χ0) is 16.1. The summed E-state index contributed by atoms with van der Waals surface area (Å²) >= 11 is 0. The quantitative estimate of drug-likeness (QED) is 0.654. The molecule has 0 bridgehead atoms. The van der Waals surface area contributed by atoms with Crippen molar-refractivity contribution in [3.05, 3.63) is 72.6 Å². The van der Waals surface area contributed by atoms with Crippen molar-refractivity contribution in [1.82, 2.24) is 4.98 Å². The molecule has 118 valence electrons. The van der Waals surface area contributed by atoms with Crippen LogP contribution in [0, 0.1) is 0 Å². The fourth-order valence-corrected chi connectivity index (χ4v) is 4.59. The Morgan fingerprint density at radius 1 is 0.870 bits per heavy atom. The van der Waals surface area contributed by atoms with Crippen LogP contribution in [0.25, 0.3) is 10.8 Å². The molecule has 3 rings (SSSR count). The standard InChI is InChI=1S/C18H19NO3Si/c1-20-23(21-2,16-9-4-3-5-10-16)22-14-18-17-11-7-6-8-15(17)12-13-19-18/h3-13H,14H2,1-2H3. The van der Waals surface area contributed by atoms with Gasteiger partial charge in [-0.05, 0) is 11.5 Å². The third kappa shape index (κ3) is 3.18. The van der Waals surface area contributed by atoms with Gasteiger partial charge in [-0.2, -0.15) is 0 Å². The Morgan fingerprint density at radius 3 is 2.30 bits per heavy atom. The van der Waals surface area contributed by atoms with Crippen molar-refractivity contribution < 1.29 is 13.3 Å². The summed E-state index contributed by atoms with van der Waals surface area (Å²) in [7, 11) is 0.319. The second-order valence-corrected chi connectivity index (χ2v) is 7.89. The van der Waals surface area contributed by atoms with E-state index < -0.39 is 8.80 Å². The van der Waals surface area contributed by atoms with E-state index in [1.165, 1.54) is 0 Å². The smallest absolute Gasteiger partial charge is 0.373 e. The molecule has 0 saturated carbocycles. The van der Waals surface area contributed by atoms with E-state index in [1.807, 2.05) is 54.6 Å². The van der Waals surface area contributed by atoms with Gasteiger partial charge in [0.1, 0.15) is 0 Å². The number of fused-ring (bicyclic) bond motifs is 1. The van der Waals surface area contributed by atoms with Crippen LogP contribution in [0.3, 0.4) is 0 Å². The van der Waals surface area contributed by atoms with Crippen LogP contribution in [0.4, 0.5) is 0 Å². The molecule has 0 atom stereocenters. The monoisotopic (exact) mass is 325 g/mol. The molecule has 0 spiro atoms. The molecule has 0 unspecified atom stereocenters. The fraction of sp³-hybridized carbons (Fsp3) is 0.167. The molecule has 0 N–H and O–H groups in total. The van der Waals surface area contributed by atoms with E-state index in [9.17, 15) is 0 Å². The lowest BCUT2D eigenvalue weighted by Crippen LogP contribution is -2.55. The van der Waals surface area contributed by atoms with Crippen LogP contribution in [0.1, 0.15) is 5.69 Å². The zero-order valence-corrected chi connectivity index (χ0v) is 14.2. The number of rotatable bonds is 6. The van der Waals surface area contributed by atoms with E-state index in [-0.39, 0.29) is 0 Å². The molecule has 0 radical (unpaired) electrons. The molecule has 5 heteroatoms. The molecular weight excluding hydrogens is 306 g/mol. The lowest BCUT2D eigenvalue weighted by Gasteiger charge is -2.26. The van der Waals surface area contributed by atoms with Gasteiger partial charge in [-0.15, -0.1) is 0 Å². The summed E-state index contributed by atoms with van der Waals surface area (Å²) in [6.45, 7) is 0.337. The Kier molecular flexibility index (Phi) is 4.83. The first kappa shape index (κ1) is 15.8. The van der Waals surface area contributed by atoms with Gasteiger partial charge >= 0.3 is 8.80 Å². The maximum absolute atomic E-state index is 6.14. The maximum atomic E-state index is 6.14. The first-order valence-corrected chi connectivity index (χ1v) is 9.14. The average molecular weight is 325 g/mol. The van der Waals surface area contributed by atoms with Crippen LogP contribution in [-0.2, 0) is 19.9 Å². The fourth-order valence-electron chi connectivity index (χ4n) is 2.62. The Balaban J connectivity index is 1.90. The highest BCUT2D eigenvalue weighted by Crippen LogP contribution is 2.19. The molecule has 1 aromatic heterocycles. The summed E-state index contributed by atoms with van der Waals surface area (Å²) < 4.78 is 17.5. The first-order valence-electron chi connectivity index (χ1n) is 7.41. The summed E-state index contributed by atoms with van der Waals surface area (Å²) in [4.78, 5) is 4.46. The zero-order valence-electron chi connectivity index (χ0n) is 13.2. The molecule has 3 aromatic rings. The van der Waals surface area contributed by atoms with Crippen LogP contribution < -0.4 is 5.19 Å². The Bertz CT molecular complexity index is 770. The lowest BCUT2D eigenvalue weighted by atomic mass is 10.1. The molecule has 0 amide bonds. The average Bonchev–Trinajstić information content (AvgIpc) is 2.64. The van der Waals surface area contributed by atoms with Gasteiger partial charge in [0.2, 0.25) is 0 Å². The number of hydrogen-bond acceptors (Lipinski definition) is 4. The third-order valence-corrected chi connectivity index (χ3v) is 6.46. The lowest BCUT2D eigenvalue weighted by molar-refractivity contribution is 0.106. The van der Waals surface area contributed by atoms with Crippen LogP contribution >= 0.6 is 0 Å². The normalized spacial score (nSPS) is 11.7. The number of aromatic nitrogens is 1. The van der Waals surface area contributed by atoms with Crippen molar-refractivity contribution in [1.29, 1.82) is 0 Å². The van der Waals surface area contributed by atoms with Crippen LogP contribution in [0.15, 0.2) is 66.9 Å². The van der Waals surface area contributed by atoms with Crippen molar-refractivity contribution in [3.63, 3.8) is 0 Å². The van der Waals surface area contributed by atoms with E-state index in [0.717, 1.165) is 21.7 Å². The minimum Gasteiger partial charge on any atom is -0.373 e. The van der Waals surface area contributed by atoms with Gasteiger partial charge in [-0.1, -0.05) is 54.6 Å². The minimum absolute atomic E-state index is 0.337. The number of benzene rings is 2. The molecule has 0 aliphatic carbocycles.